The van der Waals surface area contributed by atoms with Gasteiger partial charge in [-0.2, -0.15) is 0 Å². The molecule has 1 heterocycles. The van der Waals surface area contributed by atoms with Crippen molar-refractivity contribution in [1.29, 1.82) is 0 Å². The number of carbonyl (C=O) groups is 1. The van der Waals surface area contributed by atoms with Crippen molar-refractivity contribution < 1.29 is 13.9 Å². The first-order valence-corrected chi connectivity index (χ1v) is 4.97. The van der Waals surface area contributed by atoms with Gasteiger partial charge in [-0.1, -0.05) is 5.10 Å². The van der Waals surface area contributed by atoms with Gasteiger partial charge in [-0.3, -0.25) is 4.79 Å². The largest absolute Gasteiger partial charge is 0.484 e. The molecule has 2 aromatic rings. The third-order valence-electron chi connectivity index (χ3n) is 2.11. The third-order valence-corrected chi connectivity index (χ3v) is 2.11. The second-order valence-electron chi connectivity index (χ2n) is 3.40. The van der Waals surface area contributed by atoms with Crippen LogP contribution in [0.2, 0.25) is 0 Å². The van der Waals surface area contributed by atoms with E-state index in [0.717, 1.165) is 0 Å². The van der Waals surface area contributed by atoms with Gasteiger partial charge in [0.15, 0.2) is 12.4 Å². The fraction of sp³-hybridized carbons (Fsp3) is 0.182. The van der Waals surface area contributed by atoms with Gasteiger partial charge >= 0.3 is 6.01 Å². The van der Waals surface area contributed by atoms with Gasteiger partial charge in [0.2, 0.25) is 0 Å². The maximum Gasteiger partial charge on any atom is 0.312 e. The number of nitrogens with two attached hydrogens (primary N) is 1. The third kappa shape index (κ3) is 2.81. The first kappa shape index (κ1) is 11.1. The van der Waals surface area contributed by atoms with Gasteiger partial charge < -0.3 is 14.9 Å². The molecule has 0 saturated heterocycles. The molecular formula is C11H11N3O3. The fourth-order valence-corrected chi connectivity index (χ4v) is 1.26. The molecule has 2 N–H and O–H groups in total. The molecule has 0 aliphatic heterocycles. The van der Waals surface area contributed by atoms with E-state index in [0.29, 0.717) is 17.2 Å². The molecule has 0 unspecified atom stereocenters. The zero-order valence-electron chi connectivity index (χ0n) is 9.21. The Balaban J connectivity index is 1.97. The smallest absolute Gasteiger partial charge is 0.312 e. The number of hydrogen-bond acceptors (Lipinski definition) is 6. The van der Waals surface area contributed by atoms with Gasteiger partial charge in [-0.15, -0.1) is 5.10 Å². The van der Waals surface area contributed by atoms with E-state index < -0.39 is 0 Å². The minimum Gasteiger partial charge on any atom is -0.484 e. The maximum absolute atomic E-state index is 11.1. The van der Waals surface area contributed by atoms with Crippen molar-refractivity contribution in [1.82, 2.24) is 10.2 Å². The van der Waals surface area contributed by atoms with E-state index in [1.54, 1.807) is 24.3 Å². The predicted molar refractivity (Wildman–Crippen MR) is 59.5 cm³/mol. The molecule has 6 heteroatoms. The van der Waals surface area contributed by atoms with E-state index in [-0.39, 0.29) is 18.4 Å². The van der Waals surface area contributed by atoms with Crippen LogP contribution in [0.15, 0.2) is 28.7 Å². The van der Waals surface area contributed by atoms with Crippen molar-refractivity contribution in [3.8, 4) is 5.75 Å². The van der Waals surface area contributed by atoms with Gasteiger partial charge in [0.05, 0.1) is 0 Å². The second kappa shape index (κ2) is 4.65. The number of nitrogens with zero attached hydrogens (tertiary/aromatic N) is 2. The van der Waals surface area contributed by atoms with Crippen LogP contribution in [-0.4, -0.2) is 16.0 Å². The number of carbonyl (C=O) groups excluding carboxylic acids is 1. The van der Waals surface area contributed by atoms with E-state index in [1.165, 1.54) is 6.92 Å². The lowest BCUT2D eigenvalue weighted by Crippen LogP contribution is -1.97. The van der Waals surface area contributed by atoms with Crippen LogP contribution in [0, 0.1) is 0 Å². The van der Waals surface area contributed by atoms with E-state index in [9.17, 15) is 4.79 Å². The summed E-state index contributed by atoms with van der Waals surface area (Å²) in [5, 5.41) is 7.16. The number of Topliss-reactive ketones (excluding diaryl/α,β-unsaturated/α-hetero) is 1. The molecule has 17 heavy (non-hydrogen) atoms. The molecular weight excluding hydrogens is 222 g/mol. The standard InChI is InChI=1S/C11H11N3O3/c1-7(15)8-2-4-9(5-3-8)16-6-10-13-14-11(12)17-10/h2-5H,6H2,1H3,(H2,12,14). The Bertz CT molecular complexity index is 519. The molecule has 0 aliphatic carbocycles. The van der Waals surface area contributed by atoms with Crippen LogP contribution < -0.4 is 10.5 Å². The summed E-state index contributed by atoms with van der Waals surface area (Å²) in [4.78, 5) is 11.1. The van der Waals surface area contributed by atoms with Crippen molar-refractivity contribution in [3.63, 3.8) is 0 Å². The molecule has 0 saturated carbocycles. The number of ether oxygens (including phenoxy) is 1. The first-order valence-electron chi connectivity index (χ1n) is 4.97. The van der Waals surface area contributed by atoms with Crippen LogP contribution in [0.25, 0.3) is 0 Å². The van der Waals surface area contributed by atoms with E-state index in [1.807, 2.05) is 0 Å². The lowest BCUT2D eigenvalue weighted by Gasteiger charge is -2.03. The Kier molecular flexibility index (Phi) is 3.04. The molecule has 1 aromatic heterocycles. The highest BCUT2D eigenvalue weighted by Crippen LogP contribution is 2.14. The Morgan fingerprint density at radius 2 is 2.06 bits per heavy atom. The molecule has 0 fully saturated rings. The highest BCUT2D eigenvalue weighted by molar-refractivity contribution is 5.94. The van der Waals surface area contributed by atoms with E-state index in [4.69, 9.17) is 14.9 Å². The molecule has 6 nitrogen and oxygen atoms in total. The minimum atomic E-state index is 0.00975. The molecule has 0 spiro atoms. The lowest BCUT2D eigenvalue weighted by molar-refractivity contribution is 0.101. The number of aromatic nitrogens is 2. The van der Waals surface area contributed by atoms with Gasteiger partial charge in [0.25, 0.3) is 5.89 Å². The van der Waals surface area contributed by atoms with Crippen LogP contribution in [-0.2, 0) is 6.61 Å². The molecule has 2 rings (SSSR count). The van der Waals surface area contributed by atoms with Gasteiger partial charge in [-0.25, -0.2) is 0 Å². The zero-order chi connectivity index (χ0) is 12.3. The summed E-state index contributed by atoms with van der Waals surface area (Å²) < 4.78 is 10.3. The zero-order valence-corrected chi connectivity index (χ0v) is 9.21. The summed E-state index contributed by atoms with van der Waals surface area (Å²) in [7, 11) is 0. The highest BCUT2D eigenvalue weighted by Gasteiger charge is 2.04. The first-order chi connectivity index (χ1) is 8.15. The van der Waals surface area contributed by atoms with Crippen LogP contribution in [0.3, 0.4) is 0 Å². The monoisotopic (exact) mass is 233 g/mol. The number of benzene rings is 1. The SMILES string of the molecule is CC(=O)c1ccc(OCc2nnc(N)o2)cc1. The van der Waals surface area contributed by atoms with Crippen LogP contribution in [0.1, 0.15) is 23.2 Å². The van der Waals surface area contributed by atoms with Gasteiger partial charge in [-0.05, 0) is 31.2 Å². The quantitative estimate of drug-likeness (QED) is 0.803. The topological polar surface area (TPSA) is 91.2 Å². The predicted octanol–water partition coefficient (Wildman–Crippen LogP) is 1.43. The number of anilines is 1. The summed E-state index contributed by atoms with van der Waals surface area (Å²) >= 11 is 0. The summed E-state index contributed by atoms with van der Waals surface area (Å²) in [5.74, 6) is 0.936. The number of hydrogen-bond donors (Lipinski definition) is 1. The Morgan fingerprint density at radius 1 is 1.35 bits per heavy atom. The second-order valence-corrected chi connectivity index (χ2v) is 3.40. The summed E-state index contributed by atoms with van der Waals surface area (Å²) in [6.07, 6.45) is 0. The summed E-state index contributed by atoms with van der Waals surface area (Å²) in [5.41, 5.74) is 5.91. The van der Waals surface area contributed by atoms with Gasteiger partial charge in [0.1, 0.15) is 5.75 Å². The van der Waals surface area contributed by atoms with E-state index in [2.05, 4.69) is 10.2 Å². The van der Waals surface area contributed by atoms with Crippen molar-refractivity contribution >= 4 is 11.8 Å². The molecule has 0 radical (unpaired) electrons. The number of nitrogen functional groups attached to an aromatic ring is 1. The number of ketones is 1. The minimum absolute atomic E-state index is 0.00975. The fourth-order valence-electron chi connectivity index (χ4n) is 1.26. The van der Waals surface area contributed by atoms with Crippen molar-refractivity contribution in [3.05, 3.63) is 35.7 Å². The van der Waals surface area contributed by atoms with Gasteiger partial charge in [0, 0.05) is 5.56 Å². The van der Waals surface area contributed by atoms with Crippen molar-refractivity contribution in [2.75, 3.05) is 5.73 Å². The maximum atomic E-state index is 11.1. The Hall–Kier alpha value is -2.37. The molecule has 1 aromatic carbocycles. The Morgan fingerprint density at radius 3 is 2.59 bits per heavy atom. The van der Waals surface area contributed by atoms with Crippen LogP contribution in [0.5, 0.6) is 5.75 Å². The molecule has 88 valence electrons. The average molecular weight is 233 g/mol. The van der Waals surface area contributed by atoms with Crippen LogP contribution in [0.4, 0.5) is 6.01 Å². The summed E-state index contributed by atoms with van der Waals surface area (Å²) in [6, 6.07) is 6.81. The van der Waals surface area contributed by atoms with Crippen molar-refractivity contribution in [2.45, 2.75) is 13.5 Å². The average Bonchev–Trinajstić information content (AvgIpc) is 2.73. The van der Waals surface area contributed by atoms with Crippen LogP contribution >= 0.6 is 0 Å². The Labute approximate surface area is 97.4 Å². The molecule has 0 atom stereocenters. The lowest BCUT2D eigenvalue weighted by atomic mass is 10.1. The number of rotatable bonds is 4. The van der Waals surface area contributed by atoms with Crippen molar-refractivity contribution in [2.24, 2.45) is 0 Å². The summed E-state index contributed by atoms with van der Waals surface area (Å²) in [6.45, 7) is 1.65. The highest BCUT2D eigenvalue weighted by atomic mass is 16.5. The van der Waals surface area contributed by atoms with E-state index >= 15 is 0 Å². The molecule has 0 bridgehead atoms. The molecule has 0 aliphatic rings. The normalized spacial score (nSPS) is 10.2. The molecule has 0 amide bonds.